The maximum atomic E-state index is 12.8. The highest BCUT2D eigenvalue weighted by Crippen LogP contribution is 2.37. The van der Waals surface area contributed by atoms with Crippen molar-refractivity contribution in [2.45, 2.75) is 25.6 Å². The van der Waals surface area contributed by atoms with Crippen LogP contribution >= 0.6 is 0 Å². The molecule has 2 N–H and O–H groups in total. The summed E-state index contributed by atoms with van der Waals surface area (Å²) in [5.41, 5.74) is 3.97. The lowest BCUT2D eigenvalue weighted by atomic mass is 9.90. The first-order valence-electron chi connectivity index (χ1n) is 4.71. The Balaban J connectivity index is 3.40. The standard InChI is InChI=1S/C11H14F3NO/c1-10(2,15)8-5-4-7(16-3)6-9(8)11(12,13)14/h4-6H,15H2,1-3H3. The topological polar surface area (TPSA) is 35.2 Å². The van der Waals surface area contributed by atoms with Crippen molar-refractivity contribution in [2.24, 2.45) is 5.73 Å². The first kappa shape index (κ1) is 12.8. The zero-order valence-electron chi connectivity index (χ0n) is 9.35. The second-order valence-corrected chi connectivity index (χ2v) is 4.13. The van der Waals surface area contributed by atoms with E-state index in [1.165, 1.54) is 33.1 Å². The second kappa shape index (κ2) is 3.97. The predicted molar refractivity (Wildman–Crippen MR) is 55.2 cm³/mol. The van der Waals surface area contributed by atoms with Crippen molar-refractivity contribution in [3.8, 4) is 5.75 Å². The summed E-state index contributed by atoms with van der Waals surface area (Å²) in [5.74, 6) is 0.167. The molecule has 0 bridgehead atoms. The maximum absolute atomic E-state index is 12.8. The van der Waals surface area contributed by atoms with Gasteiger partial charge in [0.05, 0.1) is 12.7 Å². The summed E-state index contributed by atoms with van der Waals surface area (Å²) < 4.78 is 43.1. The van der Waals surface area contributed by atoms with Gasteiger partial charge in [0.2, 0.25) is 0 Å². The fraction of sp³-hybridized carbons (Fsp3) is 0.455. The Labute approximate surface area is 92.2 Å². The van der Waals surface area contributed by atoms with E-state index in [0.717, 1.165) is 6.07 Å². The van der Waals surface area contributed by atoms with E-state index in [2.05, 4.69) is 0 Å². The Morgan fingerprint density at radius 2 is 1.69 bits per heavy atom. The fourth-order valence-corrected chi connectivity index (χ4v) is 1.45. The quantitative estimate of drug-likeness (QED) is 0.852. The predicted octanol–water partition coefficient (Wildman–Crippen LogP) is 2.91. The van der Waals surface area contributed by atoms with Crippen LogP contribution in [0.15, 0.2) is 18.2 Å². The molecule has 0 aliphatic rings. The minimum Gasteiger partial charge on any atom is -0.497 e. The van der Waals surface area contributed by atoms with E-state index in [1.54, 1.807) is 0 Å². The number of alkyl halides is 3. The summed E-state index contributed by atoms with van der Waals surface area (Å²) >= 11 is 0. The fourth-order valence-electron chi connectivity index (χ4n) is 1.45. The molecule has 0 amide bonds. The SMILES string of the molecule is COc1ccc(C(C)(C)N)c(C(F)(F)F)c1. The first-order valence-corrected chi connectivity index (χ1v) is 4.71. The number of hydrogen-bond acceptors (Lipinski definition) is 2. The summed E-state index contributed by atoms with van der Waals surface area (Å²) in [7, 11) is 1.32. The molecule has 1 aromatic carbocycles. The summed E-state index contributed by atoms with van der Waals surface area (Å²) in [5, 5.41) is 0. The van der Waals surface area contributed by atoms with Crippen LogP contribution in [0.4, 0.5) is 13.2 Å². The van der Waals surface area contributed by atoms with E-state index in [1.807, 2.05) is 0 Å². The lowest BCUT2D eigenvalue weighted by molar-refractivity contribution is -0.138. The zero-order chi connectivity index (χ0) is 12.6. The first-order chi connectivity index (χ1) is 7.16. The number of hydrogen-bond donors (Lipinski definition) is 1. The van der Waals surface area contributed by atoms with Crippen LogP contribution in [0, 0.1) is 0 Å². The Morgan fingerprint density at radius 3 is 2.06 bits per heavy atom. The molecule has 0 saturated heterocycles. The molecule has 0 unspecified atom stereocenters. The minimum absolute atomic E-state index is 0.0563. The van der Waals surface area contributed by atoms with Crippen LogP contribution in [-0.4, -0.2) is 7.11 Å². The maximum Gasteiger partial charge on any atom is 0.416 e. The molecule has 1 aromatic rings. The molecule has 5 heteroatoms. The van der Waals surface area contributed by atoms with Gasteiger partial charge < -0.3 is 10.5 Å². The van der Waals surface area contributed by atoms with Crippen LogP contribution < -0.4 is 10.5 Å². The van der Waals surface area contributed by atoms with E-state index in [9.17, 15) is 13.2 Å². The van der Waals surface area contributed by atoms with Gasteiger partial charge in [-0.25, -0.2) is 0 Å². The summed E-state index contributed by atoms with van der Waals surface area (Å²) in [6.07, 6.45) is -4.43. The molecule has 16 heavy (non-hydrogen) atoms. The lowest BCUT2D eigenvalue weighted by Gasteiger charge is -2.24. The number of rotatable bonds is 2. The highest BCUT2D eigenvalue weighted by Gasteiger charge is 2.36. The summed E-state index contributed by atoms with van der Waals surface area (Å²) in [4.78, 5) is 0. The molecule has 1 rings (SSSR count). The van der Waals surface area contributed by atoms with Gasteiger partial charge in [0.25, 0.3) is 0 Å². The number of methoxy groups -OCH3 is 1. The average Bonchev–Trinajstić information content (AvgIpc) is 2.14. The average molecular weight is 233 g/mol. The smallest absolute Gasteiger partial charge is 0.416 e. The second-order valence-electron chi connectivity index (χ2n) is 4.13. The molecular weight excluding hydrogens is 219 g/mol. The van der Waals surface area contributed by atoms with Gasteiger partial charge in [-0.2, -0.15) is 13.2 Å². The summed E-state index contributed by atoms with van der Waals surface area (Å²) in [6, 6.07) is 3.78. The molecule has 0 spiro atoms. The molecule has 2 nitrogen and oxygen atoms in total. The Bertz CT molecular complexity index is 380. The van der Waals surface area contributed by atoms with Crippen molar-refractivity contribution < 1.29 is 17.9 Å². The number of halogens is 3. The van der Waals surface area contributed by atoms with Crippen LogP contribution in [0.5, 0.6) is 5.75 Å². The van der Waals surface area contributed by atoms with E-state index < -0.39 is 17.3 Å². The Hall–Kier alpha value is -1.23. The van der Waals surface area contributed by atoms with Crippen LogP contribution in [0.1, 0.15) is 25.0 Å². The van der Waals surface area contributed by atoms with Crippen LogP contribution in [0.25, 0.3) is 0 Å². The molecule has 0 aliphatic heterocycles. The van der Waals surface area contributed by atoms with Crippen molar-refractivity contribution in [2.75, 3.05) is 7.11 Å². The normalized spacial score (nSPS) is 12.7. The Morgan fingerprint density at radius 1 is 1.12 bits per heavy atom. The van der Waals surface area contributed by atoms with E-state index in [-0.39, 0.29) is 11.3 Å². The van der Waals surface area contributed by atoms with Crippen molar-refractivity contribution in [3.63, 3.8) is 0 Å². The van der Waals surface area contributed by atoms with E-state index in [0.29, 0.717) is 0 Å². The van der Waals surface area contributed by atoms with Gasteiger partial charge in [0.1, 0.15) is 5.75 Å². The molecule has 0 fully saturated rings. The molecule has 0 aliphatic carbocycles. The zero-order valence-corrected chi connectivity index (χ0v) is 9.35. The van der Waals surface area contributed by atoms with Gasteiger partial charge in [-0.3, -0.25) is 0 Å². The molecule has 0 atom stereocenters. The molecule has 0 aromatic heterocycles. The van der Waals surface area contributed by atoms with Crippen LogP contribution in [-0.2, 0) is 11.7 Å². The number of benzene rings is 1. The highest BCUT2D eigenvalue weighted by molar-refractivity contribution is 5.40. The largest absolute Gasteiger partial charge is 0.497 e. The van der Waals surface area contributed by atoms with Crippen molar-refractivity contribution in [1.82, 2.24) is 0 Å². The number of ether oxygens (including phenoxy) is 1. The van der Waals surface area contributed by atoms with Gasteiger partial charge >= 0.3 is 6.18 Å². The minimum atomic E-state index is -4.43. The van der Waals surface area contributed by atoms with Crippen LogP contribution in [0.2, 0.25) is 0 Å². The van der Waals surface area contributed by atoms with Gasteiger partial charge in [-0.1, -0.05) is 6.07 Å². The third-order valence-electron chi connectivity index (χ3n) is 2.23. The van der Waals surface area contributed by atoms with Gasteiger partial charge in [-0.05, 0) is 31.5 Å². The van der Waals surface area contributed by atoms with E-state index >= 15 is 0 Å². The van der Waals surface area contributed by atoms with Crippen molar-refractivity contribution >= 4 is 0 Å². The monoisotopic (exact) mass is 233 g/mol. The highest BCUT2D eigenvalue weighted by atomic mass is 19.4. The molecule has 0 radical (unpaired) electrons. The van der Waals surface area contributed by atoms with E-state index in [4.69, 9.17) is 10.5 Å². The summed E-state index contributed by atoms with van der Waals surface area (Å²) in [6.45, 7) is 3.06. The Kier molecular flexibility index (Phi) is 3.19. The van der Waals surface area contributed by atoms with Crippen molar-refractivity contribution in [1.29, 1.82) is 0 Å². The van der Waals surface area contributed by atoms with Crippen molar-refractivity contribution in [3.05, 3.63) is 29.3 Å². The molecule has 0 heterocycles. The molecular formula is C11H14F3NO. The third kappa shape index (κ3) is 2.66. The lowest BCUT2D eigenvalue weighted by Crippen LogP contribution is -2.31. The van der Waals surface area contributed by atoms with Gasteiger partial charge in [0, 0.05) is 5.54 Å². The molecule has 0 saturated carbocycles. The number of nitrogens with two attached hydrogens (primary N) is 1. The van der Waals surface area contributed by atoms with Gasteiger partial charge in [0.15, 0.2) is 0 Å². The third-order valence-corrected chi connectivity index (χ3v) is 2.23. The van der Waals surface area contributed by atoms with Gasteiger partial charge in [-0.15, -0.1) is 0 Å². The molecule has 90 valence electrons. The van der Waals surface area contributed by atoms with Crippen LogP contribution in [0.3, 0.4) is 0 Å².